The molecule has 19 heavy (non-hydrogen) atoms. The van der Waals surface area contributed by atoms with Gasteiger partial charge in [-0.25, -0.2) is 0 Å². The van der Waals surface area contributed by atoms with Crippen molar-refractivity contribution in [1.29, 1.82) is 0 Å². The third-order valence-electron chi connectivity index (χ3n) is 3.03. The molecule has 1 aromatic heterocycles. The quantitative estimate of drug-likeness (QED) is 0.868. The summed E-state index contributed by atoms with van der Waals surface area (Å²) in [6.45, 7) is 3.57. The van der Waals surface area contributed by atoms with Gasteiger partial charge in [0.15, 0.2) is 0 Å². The number of benzene rings is 1. The first-order valence-corrected chi connectivity index (χ1v) is 6.52. The van der Waals surface area contributed by atoms with Crippen LogP contribution in [0.3, 0.4) is 0 Å². The smallest absolute Gasteiger partial charge is 0.107 e. The molecule has 4 heteroatoms. The lowest BCUT2D eigenvalue weighted by molar-refractivity contribution is 0.184. The van der Waals surface area contributed by atoms with E-state index in [9.17, 15) is 5.11 Å². The average Bonchev–Trinajstić information content (AvgIpc) is 2.88. The highest BCUT2D eigenvalue weighted by Crippen LogP contribution is 2.21. The predicted octanol–water partition coefficient (Wildman–Crippen LogP) is 2.52. The van der Waals surface area contributed by atoms with E-state index in [1.807, 2.05) is 35.1 Å². The molecule has 0 spiro atoms. The molecule has 0 aliphatic carbocycles. The minimum absolute atomic E-state index is 0.588. The van der Waals surface area contributed by atoms with E-state index >= 15 is 0 Å². The molecule has 0 bridgehead atoms. The van der Waals surface area contributed by atoms with Gasteiger partial charge in [-0.15, -0.1) is 0 Å². The zero-order valence-electron chi connectivity index (χ0n) is 11.4. The Morgan fingerprint density at radius 3 is 2.63 bits per heavy atom. The summed E-state index contributed by atoms with van der Waals surface area (Å²) >= 11 is 0. The number of aliphatic hydroxyl groups excluding tert-OH is 1. The molecule has 2 rings (SSSR count). The SMILES string of the molecule is CCCn1cc(C(O)c2ccc(COC)cc2)cn1. The molecule has 1 heterocycles. The predicted molar refractivity (Wildman–Crippen MR) is 73.7 cm³/mol. The molecule has 102 valence electrons. The standard InChI is InChI=1S/C15H20N2O2/c1-3-8-17-10-14(9-16-17)15(18)13-6-4-12(5-7-13)11-19-2/h4-7,9-10,15,18H,3,8,11H2,1-2H3. The zero-order valence-corrected chi connectivity index (χ0v) is 11.4. The third kappa shape index (κ3) is 3.43. The molecule has 0 aliphatic rings. The second-order valence-electron chi connectivity index (χ2n) is 4.61. The first-order chi connectivity index (χ1) is 9.24. The van der Waals surface area contributed by atoms with Crippen molar-refractivity contribution in [3.63, 3.8) is 0 Å². The number of hydrogen-bond acceptors (Lipinski definition) is 3. The molecule has 0 radical (unpaired) electrons. The van der Waals surface area contributed by atoms with Crippen LogP contribution in [0.25, 0.3) is 0 Å². The van der Waals surface area contributed by atoms with Gasteiger partial charge in [-0.2, -0.15) is 5.10 Å². The van der Waals surface area contributed by atoms with Gasteiger partial charge in [-0.3, -0.25) is 4.68 Å². The Morgan fingerprint density at radius 1 is 1.26 bits per heavy atom. The Labute approximate surface area is 113 Å². The van der Waals surface area contributed by atoms with Crippen LogP contribution in [0.2, 0.25) is 0 Å². The number of aliphatic hydroxyl groups is 1. The van der Waals surface area contributed by atoms with Crippen LogP contribution in [0.4, 0.5) is 0 Å². The summed E-state index contributed by atoms with van der Waals surface area (Å²) in [5.74, 6) is 0. The Bertz CT molecular complexity index is 505. The normalized spacial score (nSPS) is 12.6. The highest BCUT2D eigenvalue weighted by Gasteiger charge is 2.12. The molecule has 0 saturated heterocycles. The van der Waals surface area contributed by atoms with Gasteiger partial charge in [-0.05, 0) is 17.5 Å². The molecule has 4 nitrogen and oxygen atoms in total. The molecule has 0 fully saturated rings. The van der Waals surface area contributed by atoms with E-state index in [-0.39, 0.29) is 0 Å². The maximum Gasteiger partial charge on any atom is 0.107 e. The minimum atomic E-state index is -0.623. The fraction of sp³-hybridized carbons (Fsp3) is 0.400. The molecule has 2 aromatic rings. The van der Waals surface area contributed by atoms with Crippen LogP contribution in [-0.2, 0) is 17.9 Å². The Balaban J connectivity index is 2.11. The van der Waals surface area contributed by atoms with Crippen LogP contribution in [0.5, 0.6) is 0 Å². The van der Waals surface area contributed by atoms with Crippen LogP contribution in [0.1, 0.15) is 36.1 Å². The molecule has 0 saturated carbocycles. The van der Waals surface area contributed by atoms with Crippen LogP contribution < -0.4 is 0 Å². The van der Waals surface area contributed by atoms with Crippen LogP contribution >= 0.6 is 0 Å². The third-order valence-corrected chi connectivity index (χ3v) is 3.03. The van der Waals surface area contributed by atoms with Crippen molar-refractivity contribution >= 4 is 0 Å². The summed E-state index contributed by atoms with van der Waals surface area (Å²) in [4.78, 5) is 0. The first kappa shape index (κ1) is 13.8. The number of hydrogen-bond donors (Lipinski definition) is 1. The van der Waals surface area contributed by atoms with E-state index in [1.165, 1.54) is 0 Å². The van der Waals surface area contributed by atoms with E-state index in [0.29, 0.717) is 6.61 Å². The van der Waals surface area contributed by atoms with Crippen molar-refractivity contribution in [2.24, 2.45) is 0 Å². The Kier molecular flexibility index (Phi) is 4.71. The number of nitrogens with zero attached hydrogens (tertiary/aromatic N) is 2. The second-order valence-corrected chi connectivity index (χ2v) is 4.61. The molecule has 0 amide bonds. The summed E-state index contributed by atoms with van der Waals surface area (Å²) in [6, 6.07) is 7.80. The number of aryl methyl sites for hydroxylation is 1. The topological polar surface area (TPSA) is 47.3 Å². The van der Waals surface area contributed by atoms with Gasteiger partial charge in [-0.1, -0.05) is 31.2 Å². The van der Waals surface area contributed by atoms with Gasteiger partial charge >= 0.3 is 0 Å². The summed E-state index contributed by atoms with van der Waals surface area (Å²) in [5, 5.41) is 14.5. The average molecular weight is 260 g/mol. The second kappa shape index (κ2) is 6.50. The molecular formula is C15H20N2O2. The minimum Gasteiger partial charge on any atom is -0.384 e. The van der Waals surface area contributed by atoms with E-state index in [4.69, 9.17) is 4.74 Å². The summed E-state index contributed by atoms with van der Waals surface area (Å²) in [5.41, 5.74) is 2.80. The van der Waals surface area contributed by atoms with Gasteiger partial charge in [0.2, 0.25) is 0 Å². The molecule has 0 aliphatic heterocycles. The Morgan fingerprint density at radius 2 is 2.00 bits per heavy atom. The van der Waals surface area contributed by atoms with Crippen molar-refractivity contribution in [3.8, 4) is 0 Å². The fourth-order valence-corrected chi connectivity index (χ4v) is 2.03. The van der Waals surface area contributed by atoms with Gasteiger partial charge in [0.05, 0.1) is 12.8 Å². The van der Waals surface area contributed by atoms with Crippen molar-refractivity contribution in [2.45, 2.75) is 32.6 Å². The maximum atomic E-state index is 10.3. The summed E-state index contributed by atoms with van der Waals surface area (Å²) < 4.78 is 6.93. The molecular weight excluding hydrogens is 240 g/mol. The lowest BCUT2D eigenvalue weighted by Crippen LogP contribution is -2.00. The summed E-state index contributed by atoms with van der Waals surface area (Å²) in [7, 11) is 1.67. The van der Waals surface area contributed by atoms with Gasteiger partial charge in [0.25, 0.3) is 0 Å². The van der Waals surface area contributed by atoms with Gasteiger partial charge < -0.3 is 9.84 Å². The van der Waals surface area contributed by atoms with E-state index in [2.05, 4.69) is 12.0 Å². The van der Waals surface area contributed by atoms with Crippen molar-refractivity contribution < 1.29 is 9.84 Å². The number of methoxy groups -OCH3 is 1. The molecule has 1 N–H and O–H groups in total. The van der Waals surface area contributed by atoms with Crippen LogP contribution in [-0.4, -0.2) is 22.0 Å². The van der Waals surface area contributed by atoms with E-state index < -0.39 is 6.10 Å². The van der Waals surface area contributed by atoms with E-state index in [1.54, 1.807) is 13.3 Å². The highest BCUT2D eigenvalue weighted by molar-refractivity contribution is 5.29. The molecule has 1 atom stereocenters. The zero-order chi connectivity index (χ0) is 13.7. The maximum absolute atomic E-state index is 10.3. The first-order valence-electron chi connectivity index (χ1n) is 6.52. The molecule has 1 aromatic carbocycles. The van der Waals surface area contributed by atoms with Crippen molar-refractivity contribution in [2.75, 3.05) is 7.11 Å². The van der Waals surface area contributed by atoms with Crippen molar-refractivity contribution in [1.82, 2.24) is 9.78 Å². The van der Waals surface area contributed by atoms with Crippen LogP contribution in [0.15, 0.2) is 36.7 Å². The highest BCUT2D eigenvalue weighted by atomic mass is 16.5. The number of ether oxygens (including phenoxy) is 1. The molecule has 1 unspecified atom stereocenters. The fourth-order valence-electron chi connectivity index (χ4n) is 2.03. The lowest BCUT2D eigenvalue weighted by atomic mass is 10.0. The Hall–Kier alpha value is -1.65. The van der Waals surface area contributed by atoms with E-state index in [0.717, 1.165) is 29.7 Å². The van der Waals surface area contributed by atoms with Gasteiger partial charge in [0, 0.05) is 25.4 Å². The largest absolute Gasteiger partial charge is 0.384 e. The number of aromatic nitrogens is 2. The van der Waals surface area contributed by atoms with Crippen LogP contribution in [0, 0.1) is 0 Å². The van der Waals surface area contributed by atoms with Crippen molar-refractivity contribution in [3.05, 3.63) is 53.3 Å². The lowest BCUT2D eigenvalue weighted by Gasteiger charge is -2.09. The monoisotopic (exact) mass is 260 g/mol. The van der Waals surface area contributed by atoms with Gasteiger partial charge in [0.1, 0.15) is 6.10 Å². The summed E-state index contributed by atoms with van der Waals surface area (Å²) in [6.07, 6.45) is 4.03. The number of rotatable bonds is 6.